The quantitative estimate of drug-likeness (QED) is 0.245. The molecule has 0 aliphatic rings. The van der Waals surface area contributed by atoms with E-state index in [0.717, 1.165) is 63.6 Å². The number of allylic oxidation sites excluding steroid dienone is 2. The predicted octanol–water partition coefficient (Wildman–Crippen LogP) is 0.832. The second-order valence-electron chi connectivity index (χ2n) is 6.72. The van der Waals surface area contributed by atoms with Crippen molar-refractivity contribution >= 4 is 5.97 Å². The Hall–Kier alpha value is -0.650. The fraction of sp³-hybridized carbons (Fsp3) is 0.750. The van der Waals surface area contributed by atoms with Crippen LogP contribution in [0.25, 0.3) is 0 Å². The van der Waals surface area contributed by atoms with Gasteiger partial charge in [-0.1, -0.05) is 50.0 Å². The van der Waals surface area contributed by atoms with Crippen LogP contribution in [0, 0.1) is 0 Å². The summed E-state index contributed by atoms with van der Waals surface area (Å²) in [4.78, 5) is 10.3. The van der Waals surface area contributed by atoms with Crippen molar-refractivity contribution in [3.63, 3.8) is 0 Å². The molecule has 0 amide bonds. The normalized spacial score (nSPS) is 11.0. The van der Waals surface area contributed by atoms with Crippen LogP contribution in [-0.2, 0) is 17.8 Å². The number of carbonyl (C=O) groups excluding carboxylic acids is 1. The topological polar surface area (TPSA) is 70.8 Å². The minimum Gasteiger partial charge on any atom is -0.550 e. The first-order valence-electron chi connectivity index (χ1n) is 9.96. The number of aliphatic carboxylic acids is 1. The Labute approximate surface area is 180 Å². The second kappa shape index (κ2) is 17.7. The smallest absolute Gasteiger partial charge is 0.550 e. The molecule has 1 aromatic heterocycles. The zero-order valence-electron chi connectivity index (χ0n) is 16.8. The van der Waals surface area contributed by atoms with Gasteiger partial charge in [-0.25, -0.2) is 0 Å². The number of nitrogens with zero attached hydrogens (tertiary/aromatic N) is 3. The molecule has 0 radical (unpaired) electrons. The molecule has 26 heavy (non-hydrogen) atoms. The van der Waals surface area contributed by atoms with E-state index in [9.17, 15) is 9.90 Å². The van der Waals surface area contributed by atoms with Crippen LogP contribution in [0.15, 0.2) is 18.3 Å². The monoisotopic (exact) mass is 371 g/mol. The van der Waals surface area contributed by atoms with Crippen molar-refractivity contribution in [1.29, 1.82) is 0 Å². The minimum atomic E-state index is -0.932. The molecule has 0 saturated heterocycles. The van der Waals surface area contributed by atoms with Crippen LogP contribution in [0.2, 0.25) is 0 Å². The summed E-state index contributed by atoms with van der Waals surface area (Å²) in [5, 5.41) is 18.7. The molecule has 142 valence electrons. The van der Waals surface area contributed by atoms with Crippen molar-refractivity contribution in [2.75, 3.05) is 0 Å². The molecule has 0 aliphatic carbocycles. The minimum absolute atomic E-state index is 0. The average molecular weight is 372 g/mol. The van der Waals surface area contributed by atoms with Crippen LogP contribution < -0.4 is 34.7 Å². The molecule has 0 bridgehead atoms. The Morgan fingerprint density at radius 1 is 1.04 bits per heavy atom. The van der Waals surface area contributed by atoms with Crippen LogP contribution in [0.5, 0.6) is 0 Å². The number of unbranched alkanes of at least 4 members (excludes halogenated alkanes) is 8. The Bertz CT molecular complexity index is 489. The van der Waals surface area contributed by atoms with Crippen LogP contribution in [0.1, 0.15) is 89.7 Å². The number of rotatable bonds is 16. The van der Waals surface area contributed by atoms with Gasteiger partial charge in [0, 0.05) is 18.7 Å². The van der Waals surface area contributed by atoms with E-state index < -0.39 is 5.97 Å². The number of carboxylic acids is 1. The summed E-state index contributed by atoms with van der Waals surface area (Å²) in [6, 6.07) is 0. The van der Waals surface area contributed by atoms with Gasteiger partial charge >= 0.3 is 29.6 Å². The Morgan fingerprint density at radius 3 is 2.42 bits per heavy atom. The van der Waals surface area contributed by atoms with E-state index in [2.05, 4.69) is 35.6 Å². The van der Waals surface area contributed by atoms with Gasteiger partial charge in [-0.15, -0.1) is 5.10 Å². The SMILES string of the molecule is CCCCCc1cn(CCCC/C=C\CCCCCCC(=O)[O-])nn1.[Na+]. The zero-order chi connectivity index (χ0) is 18.2. The van der Waals surface area contributed by atoms with Crippen molar-refractivity contribution in [3.8, 4) is 0 Å². The van der Waals surface area contributed by atoms with Gasteiger partial charge in [-0.2, -0.15) is 0 Å². The number of carbonyl (C=O) groups is 1. The van der Waals surface area contributed by atoms with E-state index in [1.165, 1.54) is 25.7 Å². The van der Waals surface area contributed by atoms with Crippen LogP contribution in [-0.4, -0.2) is 21.0 Å². The number of hydrogen-bond donors (Lipinski definition) is 0. The molecule has 0 atom stereocenters. The first-order valence-corrected chi connectivity index (χ1v) is 9.96. The number of carboxylic acid groups (broad SMARTS) is 1. The molecule has 1 heterocycles. The third-order valence-electron chi connectivity index (χ3n) is 4.30. The van der Waals surface area contributed by atoms with Crippen molar-refractivity contribution in [2.45, 2.75) is 96.9 Å². The second-order valence-corrected chi connectivity index (χ2v) is 6.72. The molecule has 0 spiro atoms. The van der Waals surface area contributed by atoms with E-state index in [0.29, 0.717) is 0 Å². The molecule has 0 saturated carbocycles. The van der Waals surface area contributed by atoms with Crippen molar-refractivity contribution in [2.24, 2.45) is 0 Å². The molecule has 6 heteroatoms. The number of aromatic nitrogens is 3. The number of aryl methyl sites for hydroxylation is 2. The molecule has 0 aromatic carbocycles. The summed E-state index contributed by atoms with van der Waals surface area (Å²) in [5.41, 5.74) is 1.12. The number of hydrogen-bond acceptors (Lipinski definition) is 4. The molecular formula is C20H34N3NaO2. The van der Waals surface area contributed by atoms with Gasteiger partial charge in [0.05, 0.1) is 5.69 Å². The molecule has 0 fully saturated rings. The van der Waals surface area contributed by atoms with Gasteiger partial charge in [0.2, 0.25) is 0 Å². The fourth-order valence-electron chi connectivity index (χ4n) is 2.78. The van der Waals surface area contributed by atoms with Crippen molar-refractivity contribution in [1.82, 2.24) is 15.0 Å². The fourth-order valence-corrected chi connectivity index (χ4v) is 2.78. The summed E-state index contributed by atoms with van der Waals surface area (Å²) in [7, 11) is 0. The first kappa shape index (κ1) is 25.4. The Kier molecular flexibility index (Phi) is 17.3. The molecular weight excluding hydrogens is 337 g/mol. The summed E-state index contributed by atoms with van der Waals surface area (Å²) < 4.78 is 1.97. The molecule has 0 N–H and O–H groups in total. The first-order chi connectivity index (χ1) is 12.2. The zero-order valence-corrected chi connectivity index (χ0v) is 18.8. The third kappa shape index (κ3) is 14.5. The van der Waals surface area contributed by atoms with E-state index in [1.807, 2.05) is 4.68 Å². The largest absolute Gasteiger partial charge is 1.00 e. The van der Waals surface area contributed by atoms with Crippen LogP contribution >= 0.6 is 0 Å². The summed E-state index contributed by atoms with van der Waals surface area (Å²) in [6.45, 7) is 3.17. The van der Waals surface area contributed by atoms with Gasteiger partial charge in [-0.3, -0.25) is 4.68 Å². The summed E-state index contributed by atoms with van der Waals surface area (Å²) >= 11 is 0. The van der Waals surface area contributed by atoms with Gasteiger partial charge in [0.25, 0.3) is 0 Å². The Morgan fingerprint density at radius 2 is 1.73 bits per heavy atom. The van der Waals surface area contributed by atoms with E-state index >= 15 is 0 Å². The molecule has 1 rings (SSSR count). The maximum Gasteiger partial charge on any atom is 1.00 e. The van der Waals surface area contributed by atoms with E-state index in [4.69, 9.17) is 0 Å². The van der Waals surface area contributed by atoms with E-state index in [-0.39, 0.29) is 36.0 Å². The molecule has 0 aliphatic heterocycles. The maximum atomic E-state index is 10.3. The van der Waals surface area contributed by atoms with Gasteiger partial charge in [0.15, 0.2) is 0 Å². The predicted molar refractivity (Wildman–Crippen MR) is 99.0 cm³/mol. The van der Waals surface area contributed by atoms with Crippen LogP contribution in [0.4, 0.5) is 0 Å². The third-order valence-corrected chi connectivity index (χ3v) is 4.30. The van der Waals surface area contributed by atoms with Crippen molar-refractivity contribution in [3.05, 3.63) is 24.0 Å². The summed E-state index contributed by atoms with van der Waals surface area (Å²) in [6.07, 6.45) is 20.0. The molecule has 0 unspecified atom stereocenters. The molecule has 1 aromatic rings. The maximum absolute atomic E-state index is 10.3. The standard InChI is InChI=1S/C20H35N3O2.Na/c1-2-3-12-15-19-18-23(22-21-19)17-14-11-9-7-5-4-6-8-10-13-16-20(24)25;/h5,7,18H,2-4,6,8-17H2,1H3,(H,24,25);/q;+1/p-1/b7-5-;. The van der Waals surface area contributed by atoms with Crippen molar-refractivity contribution < 1.29 is 39.5 Å². The van der Waals surface area contributed by atoms with Gasteiger partial charge in [0.1, 0.15) is 0 Å². The Balaban J connectivity index is 0.00000625. The summed E-state index contributed by atoms with van der Waals surface area (Å²) in [5.74, 6) is -0.932. The van der Waals surface area contributed by atoms with E-state index in [1.54, 1.807) is 0 Å². The average Bonchev–Trinajstić information content (AvgIpc) is 3.03. The van der Waals surface area contributed by atoms with Crippen LogP contribution in [0.3, 0.4) is 0 Å². The van der Waals surface area contributed by atoms with Gasteiger partial charge < -0.3 is 9.90 Å². The molecule has 5 nitrogen and oxygen atoms in total. The van der Waals surface area contributed by atoms with Gasteiger partial charge in [-0.05, 0) is 57.8 Å².